The van der Waals surface area contributed by atoms with Crippen LogP contribution in [0.25, 0.3) is 5.57 Å². The highest BCUT2D eigenvalue weighted by atomic mass is 16.4. The van der Waals surface area contributed by atoms with E-state index in [1.807, 2.05) is 30.2 Å². The smallest absolute Gasteiger partial charge is 0.286 e. The van der Waals surface area contributed by atoms with Crippen molar-refractivity contribution >= 4 is 11.5 Å². The van der Waals surface area contributed by atoms with Gasteiger partial charge < -0.3 is 9.73 Å². The molecule has 6 nitrogen and oxygen atoms in total. The van der Waals surface area contributed by atoms with E-state index >= 15 is 0 Å². The average molecular weight is 300 g/mol. The SMILES string of the molecule is CNC(=O)c1ccc(CN2CC=C(c3cnn(C)c3)CC2)o1. The van der Waals surface area contributed by atoms with Crippen LogP contribution in [0.2, 0.25) is 0 Å². The molecule has 6 heteroatoms. The van der Waals surface area contributed by atoms with E-state index < -0.39 is 0 Å². The summed E-state index contributed by atoms with van der Waals surface area (Å²) in [6, 6.07) is 3.58. The first-order valence-corrected chi connectivity index (χ1v) is 7.37. The largest absolute Gasteiger partial charge is 0.455 e. The molecule has 3 rings (SSSR count). The molecular weight excluding hydrogens is 280 g/mol. The van der Waals surface area contributed by atoms with Gasteiger partial charge in [-0.3, -0.25) is 14.4 Å². The molecule has 0 aromatic carbocycles. The number of carbonyl (C=O) groups excluding carboxylic acids is 1. The first kappa shape index (κ1) is 14.6. The Morgan fingerprint density at radius 2 is 2.32 bits per heavy atom. The van der Waals surface area contributed by atoms with Crippen LogP contribution in [0.1, 0.15) is 28.3 Å². The number of nitrogens with zero attached hydrogens (tertiary/aromatic N) is 3. The molecule has 0 fully saturated rings. The van der Waals surface area contributed by atoms with Crippen LogP contribution in [0.3, 0.4) is 0 Å². The van der Waals surface area contributed by atoms with Crippen molar-refractivity contribution < 1.29 is 9.21 Å². The maximum atomic E-state index is 11.5. The van der Waals surface area contributed by atoms with Crippen molar-refractivity contribution in [1.82, 2.24) is 20.0 Å². The van der Waals surface area contributed by atoms with E-state index in [0.29, 0.717) is 12.3 Å². The lowest BCUT2D eigenvalue weighted by atomic mass is 10.0. The second kappa shape index (κ2) is 6.19. The van der Waals surface area contributed by atoms with Crippen LogP contribution in [0, 0.1) is 0 Å². The Morgan fingerprint density at radius 3 is 2.95 bits per heavy atom. The highest BCUT2D eigenvalue weighted by Gasteiger charge is 2.16. The van der Waals surface area contributed by atoms with Gasteiger partial charge in [0.25, 0.3) is 5.91 Å². The Labute approximate surface area is 129 Å². The van der Waals surface area contributed by atoms with Crippen LogP contribution < -0.4 is 5.32 Å². The molecular formula is C16H20N4O2. The van der Waals surface area contributed by atoms with Gasteiger partial charge in [-0.15, -0.1) is 0 Å². The van der Waals surface area contributed by atoms with E-state index in [4.69, 9.17) is 4.42 Å². The summed E-state index contributed by atoms with van der Waals surface area (Å²) in [5.74, 6) is 0.988. The minimum Gasteiger partial charge on any atom is -0.455 e. The fourth-order valence-electron chi connectivity index (χ4n) is 2.63. The summed E-state index contributed by atoms with van der Waals surface area (Å²) in [5.41, 5.74) is 2.54. The third kappa shape index (κ3) is 3.12. The Kier molecular flexibility index (Phi) is 4.11. The molecule has 1 N–H and O–H groups in total. The van der Waals surface area contributed by atoms with Crippen LogP contribution in [-0.4, -0.2) is 40.7 Å². The van der Waals surface area contributed by atoms with E-state index in [-0.39, 0.29) is 5.91 Å². The first-order chi connectivity index (χ1) is 10.7. The second-order valence-electron chi connectivity index (χ2n) is 5.46. The Morgan fingerprint density at radius 1 is 1.45 bits per heavy atom. The van der Waals surface area contributed by atoms with E-state index in [1.54, 1.807) is 13.1 Å². The molecule has 0 atom stereocenters. The number of hydrogen-bond acceptors (Lipinski definition) is 4. The van der Waals surface area contributed by atoms with Crippen LogP contribution in [0.4, 0.5) is 0 Å². The Hall–Kier alpha value is -2.34. The Bertz CT molecular complexity index is 699. The number of furan rings is 1. The topological polar surface area (TPSA) is 63.3 Å². The highest BCUT2D eigenvalue weighted by Crippen LogP contribution is 2.23. The van der Waals surface area contributed by atoms with Gasteiger partial charge in [-0.25, -0.2) is 0 Å². The maximum absolute atomic E-state index is 11.5. The standard InChI is InChI=1S/C16H20N4O2/c1-17-16(21)15-4-3-14(22-15)11-20-7-5-12(6-8-20)13-9-18-19(2)10-13/h3-5,9-10H,6-8,11H2,1-2H3,(H,17,21). The van der Waals surface area contributed by atoms with Gasteiger partial charge in [-0.2, -0.15) is 5.10 Å². The normalized spacial score (nSPS) is 15.6. The molecule has 3 heterocycles. The fourth-order valence-corrected chi connectivity index (χ4v) is 2.63. The number of carbonyl (C=O) groups is 1. The molecule has 1 aliphatic rings. The molecule has 1 aliphatic heterocycles. The summed E-state index contributed by atoms with van der Waals surface area (Å²) in [5, 5.41) is 6.78. The average Bonchev–Trinajstić information content (AvgIpc) is 3.16. The fraction of sp³-hybridized carbons (Fsp3) is 0.375. The molecule has 0 radical (unpaired) electrons. The second-order valence-corrected chi connectivity index (χ2v) is 5.46. The van der Waals surface area contributed by atoms with Gasteiger partial charge in [0, 0.05) is 38.9 Å². The predicted molar refractivity (Wildman–Crippen MR) is 83.2 cm³/mol. The van der Waals surface area contributed by atoms with E-state index in [1.165, 1.54) is 11.1 Å². The molecule has 1 amide bonds. The molecule has 0 spiro atoms. The van der Waals surface area contributed by atoms with Crippen LogP contribution >= 0.6 is 0 Å². The van der Waals surface area contributed by atoms with Crippen molar-refractivity contribution in [3.05, 3.63) is 47.7 Å². The molecule has 116 valence electrons. The summed E-state index contributed by atoms with van der Waals surface area (Å²) in [7, 11) is 3.53. The van der Waals surface area contributed by atoms with Crippen LogP contribution in [-0.2, 0) is 13.6 Å². The number of hydrogen-bond donors (Lipinski definition) is 1. The molecule has 0 saturated carbocycles. The van der Waals surface area contributed by atoms with Gasteiger partial charge in [-0.1, -0.05) is 6.08 Å². The molecule has 0 saturated heterocycles. The van der Waals surface area contributed by atoms with Crippen molar-refractivity contribution in [3.63, 3.8) is 0 Å². The number of rotatable bonds is 4. The summed E-state index contributed by atoms with van der Waals surface area (Å²) < 4.78 is 7.39. The van der Waals surface area contributed by atoms with Crippen molar-refractivity contribution in [3.8, 4) is 0 Å². The number of amides is 1. The number of aromatic nitrogens is 2. The summed E-state index contributed by atoms with van der Waals surface area (Å²) in [4.78, 5) is 13.8. The van der Waals surface area contributed by atoms with Gasteiger partial charge in [0.2, 0.25) is 0 Å². The summed E-state index contributed by atoms with van der Waals surface area (Å²) in [6.07, 6.45) is 7.19. The molecule has 2 aromatic rings. The highest BCUT2D eigenvalue weighted by molar-refractivity contribution is 5.91. The quantitative estimate of drug-likeness (QED) is 0.933. The summed E-state index contributed by atoms with van der Waals surface area (Å²) in [6.45, 7) is 2.56. The molecule has 0 bridgehead atoms. The van der Waals surface area contributed by atoms with E-state index in [9.17, 15) is 4.79 Å². The maximum Gasteiger partial charge on any atom is 0.286 e. The third-order valence-corrected chi connectivity index (χ3v) is 3.86. The zero-order valence-corrected chi connectivity index (χ0v) is 12.9. The van der Waals surface area contributed by atoms with Crippen LogP contribution in [0.15, 0.2) is 35.0 Å². The van der Waals surface area contributed by atoms with Gasteiger partial charge in [0.1, 0.15) is 5.76 Å². The molecule has 0 unspecified atom stereocenters. The molecule has 22 heavy (non-hydrogen) atoms. The minimum absolute atomic E-state index is 0.191. The molecule has 0 aliphatic carbocycles. The Balaban J connectivity index is 1.60. The van der Waals surface area contributed by atoms with Crippen molar-refractivity contribution in [1.29, 1.82) is 0 Å². The van der Waals surface area contributed by atoms with Gasteiger partial charge >= 0.3 is 0 Å². The van der Waals surface area contributed by atoms with E-state index in [2.05, 4.69) is 21.4 Å². The van der Waals surface area contributed by atoms with Gasteiger partial charge in [0.05, 0.1) is 12.7 Å². The zero-order valence-electron chi connectivity index (χ0n) is 12.9. The van der Waals surface area contributed by atoms with Crippen molar-refractivity contribution in [2.24, 2.45) is 7.05 Å². The van der Waals surface area contributed by atoms with Crippen LogP contribution in [0.5, 0.6) is 0 Å². The number of nitrogens with one attached hydrogen (secondary N) is 1. The first-order valence-electron chi connectivity index (χ1n) is 7.37. The van der Waals surface area contributed by atoms with Gasteiger partial charge in [0.15, 0.2) is 5.76 Å². The van der Waals surface area contributed by atoms with Crippen molar-refractivity contribution in [2.75, 3.05) is 20.1 Å². The summed E-state index contributed by atoms with van der Waals surface area (Å²) >= 11 is 0. The number of aryl methyl sites for hydroxylation is 1. The lowest BCUT2D eigenvalue weighted by molar-refractivity contribution is 0.0932. The molecule has 2 aromatic heterocycles. The lowest BCUT2D eigenvalue weighted by Gasteiger charge is -2.25. The lowest BCUT2D eigenvalue weighted by Crippen LogP contribution is -2.27. The van der Waals surface area contributed by atoms with E-state index in [0.717, 1.165) is 25.3 Å². The third-order valence-electron chi connectivity index (χ3n) is 3.86. The predicted octanol–water partition coefficient (Wildman–Crippen LogP) is 1.66. The minimum atomic E-state index is -0.191. The van der Waals surface area contributed by atoms with Gasteiger partial charge in [-0.05, 0) is 24.1 Å². The monoisotopic (exact) mass is 300 g/mol. The zero-order chi connectivity index (χ0) is 15.5. The van der Waals surface area contributed by atoms with Crippen molar-refractivity contribution in [2.45, 2.75) is 13.0 Å².